The van der Waals surface area contributed by atoms with E-state index < -0.39 is 32.5 Å². The Morgan fingerprint density at radius 1 is 0.323 bits per heavy atom. The van der Waals surface area contributed by atoms with Crippen LogP contribution >= 0.6 is 7.82 Å². The van der Waals surface area contributed by atoms with Crippen molar-refractivity contribution in [1.82, 2.24) is 0 Å². The van der Waals surface area contributed by atoms with E-state index in [-0.39, 0.29) is 26.1 Å². The number of hydrogen-bond donors (Lipinski definition) is 0. The molecule has 0 saturated carbocycles. The number of rotatable bonds is 64. The highest BCUT2D eigenvalue weighted by Crippen LogP contribution is 2.38. The third-order valence-corrected chi connectivity index (χ3v) is 15.3. The molecule has 0 spiro atoms. The summed E-state index contributed by atoms with van der Waals surface area (Å²) < 4.78 is 34.2. The highest BCUT2D eigenvalue weighted by molar-refractivity contribution is 7.45. The van der Waals surface area contributed by atoms with Gasteiger partial charge in [-0.15, -0.1) is 0 Å². The van der Waals surface area contributed by atoms with Gasteiger partial charge in [0.25, 0.3) is 7.82 Å². The van der Waals surface area contributed by atoms with Crippen molar-refractivity contribution < 1.29 is 42.1 Å². The van der Waals surface area contributed by atoms with Gasteiger partial charge in [-0.05, 0) is 167 Å². The predicted octanol–water partition coefficient (Wildman–Crippen LogP) is 24.1. The van der Waals surface area contributed by atoms with Gasteiger partial charge in [-0.2, -0.15) is 0 Å². The number of esters is 2. The first-order chi connectivity index (χ1) is 47.0. The van der Waals surface area contributed by atoms with Gasteiger partial charge in [0.2, 0.25) is 0 Å². The number of carbonyl (C=O) groups is 2. The minimum Gasteiger partial charge on any atom is -0.756 e. The minimum absolute atomic E-state index is 0.0551. The molecule has 0 amide bonds. The minimum atomic E-state index is -4.68. The van der Waals surface area contributed by atoms with Crippen molar-refractivity contribution in [2.24, 2.45) is 0 Å². The van der Waals surface area contributed by atoms with Gasteiger partial charge in [-0.25, -0.2) is 0 Å². The molecular formula is C86H132NO8P. The molecule has 0 radical (unpaired) electrons. The molecule has 96 heavy (non-hydrogen) atoms. The van der Waals surface area contributed by atoms with Gasteiger partial charge in [-0.1, -0.05) is 295 Å². The number of phosphoric acid groups is 1. The van der Waals surface area contributed by atoms with Crippen LogP contribution in [0.1, 0.15) is 232 Å². The first-order valence-electron chi connectivity index (χ1n) is 36.7. The lowest BCUT2D eigenvalue weighted by Crippen LogP contribution is -2.37. The molecule has 0 heterocycles. The van der Waals surface area contributed by atoms with Gasteiger partial charge in [-0.3, -0.25) is 14.2 Å². The molecule has 0 fully saturated rings. The number of allylic oxidation sites excluding steroid dienone is 40. The Bertz CT molecular complexity index is 2520. The van der Waals surface area contributed by atoms with Crippen LogP contribution < -0.4 is 4.89 Å². The lowest BCUT2D eigenvalue weighted by atomic mass is 10.1. The molecule has 0 aliphatic heterocycles. The van der Waals surface area contributed by atoms with Crippen LogP contribution in [0.2, 0.25) is 0 Å². The summed E-state index contributed by atoms with van der Waals surface area (Å²) in [6.45, 7) is 3.91. The lowest BCUT2D eigenvalue weighted by Gasteiger charge is -2.28. The second-order valence-electron chi connectivity index (χ2n) is 24.5. The highest BCUT2D eigenvalue weighted by atomic mass is 31.2. The van der Waals surface area contributed by atoms with E-state index in [4.69, 9.17) is 18.5 Å². The first kappa shape index (κ1) is 89.8. The van der Waals surface area contributed by atoms with Crippen LogP contribution in [0.5, 0.6) is 0 Å². The molecule has 0 aromatic rings. The first-order valence-corrected chi connectivity index (χ1v) is 38.2. The van der Waals surface area contributed by atoms with Gasteiger partial charge in [0.15, 0.2) is 6.10 Å². The summed E-state index contributed by atoms with van der Waals surface area (Å²) in [7, 11) is 1.09. The zero-order valence-corrected chi connectivity index (χ0v) is 61.6. The summed E-state index contributed by atoms with van der Waals surface area (Å²) in [4.78, 5) is 38.1. The van der Waals surface area contributed by atoms with Crippen LogP contribution in [0.4, 0.5) is 0 Å². The zero-order chi connectivity index (χ0) is 69.7. The summed E-state index contributed by atoms with van der Waals surface area (Å²) in [6, 6.07) is 0. The average Bonchev–Trinajstić information content (AvgIpc) is 1.98. The Hall–Kier alpha value is -6.19. The Morgan fingerprint density at radius 3 is 0.854 bits per heavy atom. The Balaban J connectivity index is 4.25. The fourth-order valence-corrected chi connectivity index (χ4v) is 9.56. The van der Waals surface area contributed by atoms with Crippen molar-refractivity contribution in [3.05, 3.63) is 243 Å². The Labute approximate surface area is 587 Å². The molecule has 9 nitrogen and oxygen atoms in total. The molecule has 0 aliphatic rings. The molecule has 0 aromatic heterocycles. The Kier molecular flexibility index (Phi) is 68.4. The van der Waals surface area contributed by atoms with Crippen molar-refractivity contribution >= 4 is 19.8 Å². The molecule has 0 aromatic carbocycles. The molecular weight excluding hydrogens is 1210 g/mol. The summed E-state index contributed by atoms with van der Waals surface area (Å²) >= 11 is 0. The van der Waals surface area contributed by atoms with Crippen LogP contribution in [0.15, 0.2) is 243 Å². The summed E-state index contributed by atoms with van der Waals surface area (Å²) in [6.07, 6.45) is 120. The van der Waals surface area contributed by atoms with Crippen molar-refractivity contribution in [3.8, 4) is 0 Å². The maximum Gasteiger partial charge on any atom is 0.306 e. The summed E-state index contributed by atoms with van der Waals surface area (Å²) in [5, 5.41) is 0. The fraction of sp³-hybridized carbons (Fsp3) is 0.512. The van der Waals surface area contributed by atoms with E-state index in [9.17, 15) is 19.0 Å². The topological polar surface area (TPSA) is 111 Å². The number of nitrogens with zero attached hydrogens (tertiary/aromatic N) is 1. The third-order valence-electron chi connectivity index (χ3n) is 14.4. The second kappa shape index (κ2) is 73.1. The number of phosphoric ester groups is 1. The second-order valence-corrected chi connectivity index (χ2v) is 25.9. The monoisotopic (exact) mass is 1340 g/mol. The maximum absolute atomic E-state index is 12.9. The van der Waals surface area contributed by atoms with E-state index in [1.807, 2.05) is 21.1 Å². The molecule has 2 atom stereocenters. The molecule has 0 saturated heterocycles. The number of unbranched alkanes of at least 4 members (excludes halogenated alkanes) is 10. The van der Waals surface area contributed by atoms with Gasteiger partial charge in [0, 0.05) is 12.8 Å². The largest absolute Gasteiger partial charge is 0.756 e. The number of hydrogen-bond acceptors (Lipinski definition) is 8. The molecule has 10 heteroatoms. The van der Waals surface area contributed by atoms with Gasteiger partial charge < -0.3 is 27.9 Å². The molecule has 0 N–H and O–H groups in total. The third kappa shape index (κ3) is 76.8. The van der Waals surface area contributed by atoms with E-state index in [1.165, 1.54) is 25.7 Å². The number of carbonyl (C=O) groups excluding carboxylic acids is 2. The Morgan fingerprint density at radius 2 is 0.562 bits per heavy atom. The van der Waals surface area contributed by atoms with Crippen LogP contribution in [-0.4, -0.2) is 70.0 Å². The maximum atomic E-state index is 12.9. The average molecular weight is 1340 g/mol. The van der Waals surface area contributed by atoms with Crippen LogP contribution in [0, 0.1) is 0 Å². The summed E-state index contributed by atoms with van der Waals surface area (Å²) in [5.74, 6) is -0.915. The van der Waals surface area contributed by atoms with Gasteiger partial charge >= 0.3 is 11.9 Å². The van der Waals surface area contributed by atoms with E-state index in [0.29, 0.717) is 23.9 Å². The molecule has 0 aliphatic carbocycles. The molecule has 2 unspecified atom stereocenters. The van der Waals surface area contributed by atoms with E-state index in [0.717, 1.165) is 167 Å². The van der Waals surface area contributed by atoms with Gasteiger partial charge in [0.1, 0.15) is 19.8 Å². The van der Waals surface area contributed by atoms with E-state index in [2.05, 4.69) is 257 Å². The smallest absolute Gasteiger partial charge is 0.306 e. The van der Waals surface area contributed by atoms with E-state index >= 15 is 0 Å². The number of likely N-dealkylation sites (N-methyl/N-ethyl adjacent to an activating group) is 1. The predicted molar refractivity (Wildman–Crippen MR) is 414 cm³/mol. The van der Waals surface area contributed by atoms with Gasteiger partial charge in [0.05, 0.1) is 27.7 Å². The zero-order valence-electron chi connectivity index (χ0n) is 60.7. The van der Waals surface area contributed by atoms with Crippen molar-refractivity contribution in [1.29, 1.82) is 0 Å². The van der Waals surface area contributed by atoms with Crippen LogP contribution in [0.3, 0.4) is 0 Å². The number of ether oxygens (including phenoxy) is 2. The number of quaternary nitrogens is 1. The highest BCUT2D eigenvalue weighted by Gasteiger charge is 2.22. The fourth-order valence-electron chi connectivity index (χ4n) is 8.83. The van der Waals surface area contributed by atoms with Crippen LogP contribution in [-0.2, 0) is 32.7 Å². The molecule has 0 bridgehead atoms. The molecule has 0 rings (SSSR count). The quantitative estimate of drug-likeness (QED) is 0.0195. The lowest BCUT2D eigenvalue weighted by molar-refractivity contribution is -0.870. The summed E-state index contributed by atoms with van der Waals surface area (Å²) in [5.41, 5.74) is 0. The normalized spacial score (nSPS) is 14.5. The standard InChI is InChI=1S/C86H132NO8P/c1-6-8-10-12-14-16-18-20-22-24-26-28-30-32-34-36-38-40-41-42-43-44-45-47-49-51-53-55-57-59-61-63-65-67-69-71-73-75-77-79-86(89)95-84(83-94-96(90,91)93-81-80-87(3,4)5)82-92-85(88)78-76-74-72-70-68-66-64-62-60-58-56-54-52-50-48-46-39-37-35-33-31-29-27-25-23-21-19-17-15-13-11-9-7-2/h8-11,14-17,20-23,26-29,32-35,38-40,42-43,45-47,50-53,56-59,63,65,69,71,84H,6-7,12-13,18-19,24-25,30-31,36-37,41,44,48-49,54-55,60-62,64,66-68,70,72-83H2,1-5H3/b10-8-,11-9-,16-14-,17-15-,22-20-,23-21-,28-26-,29-27-,34-32-,35-33-,40-38-,43-42-,46-39-,47-45-,52-50-,53-51-,58-56-,59-57-,65-63-,71-69-. The van der Waals surface area contributed by atoms with Crippen molar-refractivity contribution in [3.63, 3.8) is 0 Å². The molecule has 534 valence electrons. The van der Waals surface area contributed by atoms with E-state index in [1.54, 1.807) is 0 Å². The van der Waals surface area contributed by atoms with Crippen molar-refractivity contribution in [2.45, 2.75) is 238 Å². The van der Waals surface area contributed by atoms with Crippen LogP contribution in [0.25, 0.3) is 0 Å². The van der Waals surface area contributed by atoms with Crippen molar-refractivity contribution in [2.75, 3.05) is 47.5 Å². The SMILES string of the molecule is CC/C=C\C/C=C\C/C=C\C/C=C\C/C=C\C/C=C\C/C=C\C/C=C\C/C=C\C/C=C\C/C=C\C/C=C\CCCCC(=O)OC(COC(=O)CCCCCCCCCC/C=C\C/C=C\C/C=C\C/C=C\C/C=C\C/C=C\C/C=C\C/C=C\CC)COP(=O)([O-])OCC[N+](C)(C)C.